The molecule has 1 saturated heterocycles. The van der Waals surface area contributed by atoms with E-state index in [9.17, 15) is 9.18 Å². The first-order valence-electron chi connectivity index (χ1n) is 9.21. The van der Waals surface area contributed by atoms with Crippen molar-refractivity contribution in [1.29, 1.82) is 0 Å². The summed E-state index contributed by atoms with van der Waals surface area (Å²) in [6, 6.07) is 6.03. The molecule has 1 N–H and O–H groups in total. The van der Waals surface area contributed by atoms with Crippen LogP contribution in [0, 0.1) is 11.9 Å². The molecule has 3 heterocycles. The summed E-state index contributed by atoms with van der Waals surface area (Å²) in [6.45, 7) is 3.21. The molecule has 0 unspecified atom stereocenters. The van der Waals surface area contributed by atoms with Gasteiger partial charge in [0.15, 0.2) is 5.95 Å². The van der Waals surface area contributed by atoms with Crippen LogP contribution in [0.5, 0.6) is 0 Å². The molecule has 2 aliphatic heterocycles. The SMILES string of the molecule is CN1C[C@H](C(=O)N2CCOCC2)C=C2c3cccc4[nH]c(F)c(c34)C[C@H]21. The lowest BCUT2D eigenvalue weighted by Crippen LogP contribution is -2.49. The third kappa shape index (κ3) is 2.32. The van der Waals surface area contributed by atoms with Crippen LogP contribution in [0.25, 0.3) is 16.5 Å². The molecule has 2 atom stereocenters. The fraction of sp³-hybridized carbons (Fsp3) is 0.450. The van der Waals surface area contributed by atoms with E-state index in [1.807, 2.05) is 30.1 Å². The number of fused-ring (bicyclic) bond motifs is 2. The first kappa shape index (κ1) is 16.0. The van der Waals surface area contributed by atoms with E-state index in [1.54, 1.807) is 0 Å². The number of ether oxygens (including phenoxy) is 1. The number of amides is 1. The van der Waals surface area contributed by atoms with Gasteiger partial charge in [0.2, 0.25) is 5.91 Å². The largest absolute Gasteiger partial charge is 0.378 e. The number of likely N-dealkylation sites (N-methyl/N-ethyl adjacent to an activating group) is 1. The van der Waals surface area contributed by atoms with Gasteiger partial charge in [0.25, 0.3) is 0 Å². The molecule has 1 aliphatic carbocycles. The van der Waals surface area contributed by atoms with Gasteiger partial charge in [-0.1, -0.05) is 18.2 Å². The van der Waals surface area contributed by atoms with Crippen LogP contribution in [0.3, 0.4) is 0 Å². The standard InChI is InChI=1S/C20H22FN3O2/c1-23-11-12(20(25)24-5-7-26-8-6-24)9-14-13-3-2-4-16-18(13)15(10-17(14)23)19(21)22-16/h2-4,9,12,17,22H,5-8,10-11H2,1H3/t12-,17-/m1/s1. The maximum absolute atomic E-state index is 14.4. The number of nitrogens with one attached hydrogen (secondary N) is 1. The lowest BCUT2D eigenvalue weighted by molar-refractivity contribution is -0.138. The highest BCUT2D eigenvalue weighted by molar-refractivity contribution is 5.99. The molecule has 5 rings (SSSR count). The average Bonchev–Trinajstić information content (AvgIpc) is 2.99. The third-order valence-electron chi connectivity index (χ3n) is 5.98. The van der Waals surface area contributed by atoms with Crippen LogP contribution in [0.15, 0.2) is 24.3 Å². The van der Waals surface area contributed by atoms with Crippen LogP contribution < -0.4 is 0 Å². The summed E-state index contributed by atoms with van der Waals surface area (Å²) >= 11 is 0. The number of rotatable bonds is 1. The van der Waals surface area contributed by atoms with Crippen LogP contribution in [-0.4, -0.2) is 66.6 Å². The second kappa shape index (κ2) is 5.93. The molecular weight excluding hydrogens is 333 g/mol. The number of morpholine rings is 1. The van der Waals surface area contributed by atoms with Gasteiger partial charge in [-0.05, 0) is 30.7 Å². The molecule has 0 saturated carbocycles. The van der Waals surface area contributed by atoms with Gasteiger partial charge in [-0.25, -0.2) is 0 Å². The first-order valence-corrected chi connectivity index (χ1v) is 9.21. The molecule has 2 aromatic rings. The highest BCUT2D eigenvalue weighted by Crippen LogP contribution is 2.41. The van der Waals surface area contributed by atoms with Crippen molar-refractivity contribution in [2.45, 2.75) is 12.5 Å². The van der Waals surface area contributed by atoms with Crippen molar-refractivity contribution in [3.8, 4) is 0 Å². The third-order valence-corrected chi connectivity index (χ3v) is 5.98. The summed E-state index contributed by atoms with van der Waals surface area (Å²) < 4.78 is 19.8. The van der Waals surface area contributed by atoms with Crippen molar-refractivity contribution in [2.75, 3.05) is 39.9 Å². The molecule has 1 amide bonds. The molecule has 1 aromatic heterocycles. The maximum Gasteiger partial charge on any atom is 0.230 e. The zero-order valence-electron chi connectivity index (χ0n) is 14.8. The number of aromatic nitrogens is 1. The molecule has 6 heteroatoms. The molecule has 0 bridgehead atoms. The summed E-state index contributed by atoms with van der Waals surface area (Å²) in [7, 11) is 2.03. The van der Waals surface area contributed by atoms with Crippen molar-refractivity contribution in [2.24, 2.45) is 5.92 Å². The highest BCUT2D eigenvalue weighted by atomic mass is 19.1. The Morgan fingerprint density at radius 1 is 1.31 bits per heavy atom. The Morgan fingerprint density at radius 2 is 2.12 bits per heavy atom. The van der Waals surface area contributed by atoms with Gasteiger partial charge in [-0.3, -0.25) is 9.69 Å². The van der Waals surface area contributed by atoms with Crippen LogP contribution in [-0.2, 0) is 16.0 Å². The molecule has 1 aromatic carbocycles. The lowest BCUT2D eigenvalue weighted by Gasteiger charge is -2.40. The molecular formula is C20H22FN3O2. The number of carbonyl (C=O) groups is 1. The first-order chi connectivity index (χ1) is 12.6. The fourth-order valence-corrected chi connectivity index (χ4v) is 4.67. The van der Waals surface area contributed by atoms with E-state index in [4.69, 9.17) is 4.74 Å². The van der Waals surface area contributed by atoms with Crippen molar-refractivity contribution in [3.63, 3.8) is 0 Å². The molecule has 0 radical (unpaired) electrons. The van der Waals surface area contributed by atoms with E-state index in [-0.39, 0.29) is 23.8 Å². The van der Waals surface area contributed by atoms with Crippen molar-refractivity contribution < 1.29 is 13.9 Å². The Hall–Kier alpha value is -2.18. The monoisotopic (exact) mass is 355 g/mol. The smallest absolute Gasteiger partial charge is 0.230 e. The van der Waals surface area contributed by atoms with Gasteiger partial charge < -0.3 is 14.6 Å². The van der Waals surface area contributed by atoms with Crippen LogP contribution >= 0.6 is 0 Å². The molecule has 1 fully saturated rings. The van der Waals surface area contributed by atoms with Gasteiger partial charge >= 0.3 is 0 Å². The van der Waals surface area contributed by atoms with E-state index in [0.29, 0.717) is 39.3 Å². The minimum atomic E-state index is -0.230. The van der Waals surface area contributed by atoms with E-state index in [2.05, 4.69) is 16.0 Å². The van der Waals surface area contributed by atoms with Crippen LogP contribution in [0.4, 0.5) is 4.39 Å². The predicted molar refractivity (Wildman–Crippen MR) is 97.2 cm³/mol. The topological polar surface area (TPSA) is 48.6 Å². The maximum atomic E-state index is 14.4. The van der Waals surface area contributed by atoms with Gasteiger partial charge in [0.1, 0.15) is 0 Å². The molecule has 5 nitrogen and oxygen atoms in total. The van der Waals surface area contributed by atoms with Gasteiger partial charge in [-0.2, -0.15) is 4.39 Å². The zero-order chi connectivity index (χ0) is 17.8. The number of halogens is 1. The summed E-state index contributed by atoms with van der Waals surface area (Å²) in [5.74, 6) is -0.222. The highest BCUT2D eigenvalue weighted by Gasteiger charge is 2.38. The Labute approximate surface area is 151 Å². The summed E-state index contributed by atoms with van der Waals surface area (Å²) in [5.41, 5.74) is 3.81. The van der Waals surface area contributed by atoms with Gasteiger partial charge in [0, 0.05) is 42.1 Å². The van der Waals surface area contributed by atoms with Crippen molar-refractivity contribution >= 4 is 22.4 Å². The summed E-state index contributed by atoms with van der Waals surface area (Å²) in [6.07, 6.45) is 2.77. The summed E-state index contributed by atoms with van der Waals surface area (Å²) in [5, 5.41) is 0.973. The molecule has 26 heavy (non-hydrogen) atoms. The Kier molecular flexibility index (Phi) is 3.65. The zero-order valence-corrected chi connectivity index (χ0v) is 14.8. The van der Waals surface area contributed by atoms with Crippen molar-refractivity contribution in [1.82, 2.24) is 14.8 Å². The Balaban J connectivity index is 1.57. The number of H-pyrrole nitrogens is 1. The lowest BCUT2D eigenvalue weighted by atomic mass is 9.79. The van der Waals surface area contributed by atoms with E-state index in [1.165, 1.54) is 0 Å². The Morgan fingerprint density at radius 3 is 2.92 bits per heavy atom. The van der Waals surface area contributed by atoms with Crippen LogP contribution in [0.2, 0.25) is 0 Å². The Bertz CT molecular complexity index is 913. The summed E-state index contributed by atoms with van der Waals surface area (Å²) in [4.78, 5) is 20.0. The van der Waals surface area contributed by atoms with Gasteiger partial charge in [0.05, 0.1) is 19.1 Å². The normalized spacial score (nSPS) is 25.9. The van der Waals surface area contributed by atoms with Crippen molar-refractivity contribution in [3.05, 3.63) is 41.3 Å². The minimum Gasteiger partial charge on any atom is -0.378 e. The second-order valence-electron chi connectivity index (χ2n) is 7.47. The number of hydrogen-bond acceptors (Lipinski definition) is 3. The quantitative estimate of drug-likeness (QED) is 0.852. The van der Waals surface area contributed by atoms with Gasteiger partial charge in [-0.15, -0.1) is 0 Å². The fourth-order valence-electron chi connectivity index (χ4n) is 4.67. The minimum absolute atomic E-state index is 0.118. The number of nitrogens with zero attached hydrogens (tertiary/aromatic N) is 2. The number of benzene rings is 1. The van der Waals surface area contributed by atoms with E-state index >= 15 is 0 Å². The molecule has 0 spiro atoms. The van der Waals surface area contributed by atoms with Crippen LogP contribution in [0.1, 0.15) is 11.1 Å². The number of aromatic amines is 1. The second-order valence-corrected chi connectivity index (χ2v) is 7.47. The van der Waals surface area contributed by atoms with E-state index in [0.717, 1.165) is 27.6 Å². The molecule has 3 aliphatic rings. The predicted octanol–water partition coefficient (Wildman–Crippen LogP) is 2.04. The average molecular weight is 355 g/mol. The number of hydrogen-bond donors (Lipinski definition) is 1. The number of carbonyl (C=O) groups excluding carboxylic acids is 1. The molecule has 136 valence electrons. The van der Waals surface area contributed by atoms with E-state index < -0.39 is 0 Å².